The number of hydrogen-bond acceptors (Lipinski definition) is 3. The molecule has 0 saturated carbocycles. The summed E-state index contributed by atoms with van der Waals surface area (Å²) in [6.45, 7) is 4.91. The van der Waals surface area contributed by atoms with E-state index in [4.69, 9.17) is 4.74 Å². The molecule has 0 amide bonds. The van der Waals surface area contributed by atoms with Crippen LogP contribution in [-0.2, 0) is 4.74 Å². The van der Waals surface area contributed by atoms with Crippen LogP contribution in [0.1, 0.15) is 0 Å². The van der Waals surface area contributed by atoms with E-state index in [0.717, 1.165) is 33.0 Å². The van der Waals surface area contributed by atoms with Gasteiger partial charge in [0.25, 0.3) is 0 Å². The Labute approximate surface area is 55.0 Å². The number of fused-ring (bicyclic) bond motifs is 1. The summed E-state index contributed by atoms with van der Waals surface area (Å²) in [5.41, 5.74) is 0. The Kier molecular flexibility index (Phi) is 1.41. The Balaban J connectivity index is 1.97. The molecular weight excluding hydrogens is 116 g/mol. The van der Waals surface area contributed by atoms with Crippen LogP contribution >= 0.6 is 0 Å². The smallest absolute Gasteiger partial charge is 0.0998 e. The molecule has 0 aromatic rings. The van der Waals surface area contributed by atoms with Crippen molar-refractivity contribution in [1.82, 2.24) is 10.2 Å². The molecule has 0 bridgehead atoms. The van der Waals surface area contributed by atoms with E-state index in [9.17, 15) is 0 Å². The van der Waals surface area contributed by atoms with Gasteiger partial charge in [-0.1, -0.05) is 0 Å². The van der Waals surface area contributed by atoms with Crippen molar-refractivity contribution in [2.24, 2.45) is 0 Å². The van der Waals surface area contributed by atoms with E-state index in [0.29, 0.717) is 0 Å². The van der Waals surface area contributed by atoms with Gasteiger partial charge in [0.15, 0.2) is 0 Å². The molecule has 3 heteroatoms. The maximum absolute atomic E-state index is 5.24. The highest BCUT2D eigenvalue weighted by Crippen LogP contribution is 2.16. The summed E-state index contributed by atoms with van der Waals surface area (Å²) in [4.78, 5) is 2.30. The van der Waals surface area contributed by atoms with Crippen molar-refractivity contribution in [3.8, 4) is 0 Å². The number of rotatable bonds is 0. The van der Waals surface area contributed by atoms with Crippen LogP contribution in [0.5, 0.6) is 0 Å². The van der Waals surface area contributed by atoms with Crippen LogP contribution < -0.4 is 5.32 Å². The molecule has 2 fully saturated rings. The largest absolute Gasteiger partial charge is 0.364 e. The second-order valence-electron chi connectivity index (χ2n) is 2.48. The molecule has 0 aromatic heterocycles. The Bertz CT molecular complexity index is 95.2. The normalized spacial score (nSPS) is 30.7. The van der Waals surface area contributed by atoms with Crippen molar-refractivity contribution < 1.29 is 4.74 Å². The molecule has 2 saturated heterocycles. The van der Waals surface area contributed by atoms with Crippen molar-refractivity contribution in [3.63, 3.8) is 0 Å². The standard InChI is InChI=1S/C6H11N2O/c1-2-8-5-9-4-6(8)3-7-1/h7H,1-5H2. The lowest BCUT2D eigenvalue weighted by Crippen LogP contribution is -2.43. The Hall–Kier alpha value is -0.120. The molecular formula is C6H11N2O. The first-order valence-corrected chi connectivity index (χ1v) is 3.35. The van der Waals surface area contributed by atoms with Crippen LogP contribution in [0.4, 0.5) is 0 Å². The number of nitrogens with zero attached hydrogens (tertiary/aromatic N) is 1. The highest BCUT2D eigenvalue weighted by atomic mass is 16.5. The minimum absolute atomic E-state index is 0.816. The zero-order chi connectivity index (χ0) is 6.10. The second-order valence-corrected chi connectivity index (χ2v) is 2.48. The molecule has 0 aliphatic carbocycles. The van der Waals surface area contributed by atoms with Crippen LogP contribution in [0, 0.1) is 6.04 Å². The predicted molar refractivity (Wildman–Crippen MR) is 33.6 cm³/mol. The molecule has 3 nitrogen and oxygen atoms in total. The van der Waals surface area contributed by atoms with Crippen molar-refractivity contribution in [2.75, 3.05) is 33.0 Å². The molecule has 51 valence electrons. The molecule has 1 N–H and O–H groups in total. The summed E-state index contributed by atoms with van der Waals surface area (Å²) in [7, 11) is 0. The van der Waals surface area contributed by atoms with E-state index >= 15 is 0 Å². The molecule has 0 spiro atoms. The van der Waals surface area contributed by atoms with E-state index in [2.05, 4.69) is 10.2 Å². The van der Waals surface area contributed by atoms with Crippen LogP contribution in [0.15, 0.2) is 0 Å². The average Bonchev–Trinajstić information content (AvgIpc) is 2.33. The topological polar surface area (TPSA) is 24.5 Å². The van der Waals surface area contributed by atoms with Gasteiger partial charge in [0.1, 0.15) is 0 Å². The lowest BCUT2D eigenvalue weighted by Gasteiger charge is -2.26. The van der Waals surface area contributed by atoms with E-state index in [1.54, 1.807) is 0 Å². The second kappa shape index (κ2) is 2.25. The van der Waals surface area contributed by atoms with Gasteiger partial charge in [0.2, 0.25) is 0 Å². The van der Waals surface area contributed by atoms with E-state index < -0.39 is 0 Å². The lowest BCUT2D eigenvalue weighted by atomic mass is 10.2. The monoisotopic (exact) mass is 127 g/mol. The van der Waals surface area contributed by atoms with Crippen LogP contribution in [-0.4, -0.2) is 37.9 Å². The van der Waals surface area contributed by atoms with Crippen LogP contribution in [0.3, 0.4) is 0 Å². The third-order valence-corrected chi connectivity index (χ3v) is 1.85. The number of piperazine rings is 1. The van der Waals surface area contributed by atoms with Crippen LogP contribution in [0.2, 0.25) is 0 Å². The van der Waals surface area contributed by atoms with Gasteiger partial charge in [-0.05, 0) is 0 Å². The molecule has 1 radical (unpaired) electrons. The minimum atomic E-state index is 0.816. The molecule has 0 atom stereocenters. The Morgan fingerprint density at radius 2 is 2.56 bits per heavy atom. The Morgan fingerprint density at radius 3 is 3.44 bits per heavy atom. The number of ether oxygens (including phenoxy) is 1. The maximum Gasteiger partial charge on any atom is 0.0998 e. The van der Waals surface area contributed by atoms with Gasteiger partial charge in [-0.15, -0.1) is 0 Å². The summed E-state index contributed by atoms with van der Waals surface area (Å²) in [5.74, 6) is 0. The van der Waals surface area contributed by atoms with Crippen molar-refractivity contribution in [1.29, 1.82) is 0 Å². The van der Waals surface area contributed by atoms with Crippen molar-refractivity contribution >= 4 is 0 Å². The number of nitrogens with one attached hydrogen (secondary N) is 1. The van der Waals surface area contributed by atoms with Crippen LogP contribution in [0.25, 0.3) is 0 Å². The zero-order valence-electron chi connectivity index (χ0n) is 5.39. The van der Waals surface area contributed by atoms with Gasteiger partial charge in [-0.3, -0.25) is 4.90 Å². The van der Waals surface area contributed by atoms with Gasteiger partial charge in [-0.2, -0.15) is 0 Å². The summed E-state index contributed by atoms with van der Waals surface area (Å²) < 4.78 is 5.24. The SMILES string of the molecule is C1CN2COC[C]2CN1. The quantitative estimate of drug-likeness (QED) is 0.471. The first-order valence-electron chi connectivity index (χ1n) is 3.35. The third-order valence-electron chi connectivity index (χ3n) is 1.85. The summed E-state index contributed by atoms with van der Waals surface area (Å²) in [5, 5.41) is 3.30. The molecule has 2 aliphatic heterocycles. The molecule has 9 heavy (non-hydrogen) atoms. The van der Waals surface area contributed by atoms with E-state index in [1.807, 2.05) is 0 Å². The highest BCUT2D eigenvalue weighted by Gasteiger charge is 2.27. The highest BCUT2D eigenvalue weighted by molar-refractivity contribution is 4.97. The lowest BCUT2D eigenvalue weighted by molar-refractivity contribution is 0.138. The summed E-state index contributed by atoms with van der Waals surface area (Å²) >= 11 is 0. The summed E-state index contributed by atoms with van der Waals surface area (Å²) in [6.07, 6.45) is 0. The molecule has 2 heterocycles. The van der Waals surface area contributed by atoms with Gasteiger partial charge in [0, 0.05) is 19.6 Å². The molecule has 2 aliphatic rings. The summed E-state index contributed by atoms with van der Waals surface area (Å²) in [6, 6.07) is 1.42. The van der Waals surface area contributed by atoms with Gasteiger partial charge in [0.05, 0.1) is 19.4 Å². The first kappa shape index (κ1) is 5.65. The average molecular weight is 127 g/mol. The fourth-order valence-corrected chi connectivity index (χ4v) is 1.29. The Morgan fingerprint density at radius 1 is 1.56 bits per heavy atom. The first-order chi connectivity index (χ1) is 4.47. The number of hydrogen-bond donors (Lipinski definition) is 1. The van der Waals surface area contributed by atoms with Gasteiger partial charge in [-0.25, -0.2) is 0 Å². The fraction of sp³-hybridized carbons (Fsp3) is 0.833. The molecule has 2 rings (SSSR count). The molecule has 0 unspecified atom stereocenters. The zero-order valence-corrected chi connectivity index (χ0v) is 5.39. The third kappa shape index (κ3) is 0.956. The van der Waals surface area contributed by atoms with Gasteiger partial charge < -0.3 is 10.1 Å². The maximum atomic E-state index is 5.24. The van der Waals surface area contributed by atoms with E-state index in [1.165, 1.54) is 6.04 Å². The van der Waals surface area contributed by atoms with E-state index in [-0.39, 0.29) is 0 Å². The van der Waals surface area contributed by atoms with Crippen molar-refractivity contribution in [2.45, 2.75) is 0 Å². The van der Waals surface area contributed by atoms with Crippen molar-refractivity contribution in [3.05, 3.63) is 6.04 Å². The molecule has 0 aromatic carbocycles. The minimum Gasteiger partial charge on any atom is -0.364 e. The predicted octanol–water partition coefficient (Wildman–Crippen LogP) is -0.589. The van der Waals surface area contributed by atoms with Gasteiger partial charge >= 0.3 is 0 Å². The fourth-order valence-electron chi connectivity index (χ4n) is 1.29.